The van der Waals surface area contributed by atoms with Gasteiger partial charge in [-0.05, 0) is 46.2 Å². The number of benzene rings is 2. The van der Waals surface area contributed by atoms with Crippen molar-refractivity contribution in [3.63, 3.8) is 0 Å². The largest absolute Gasteiger partial charge is 0.478 e. The number of hydrogen-bond donors (Lipinski definition) is 2. The molecule has 2 aromatic carbocycles. The Morgan fingerprint density at radius 2 is 0.743 bits per heavy atom. The molecule has 0 aliphatic rings. The van der Waals surface area contributed by atoms with E-state index in [1.165, 1.54) is 25.7 Å². The van der Waals surface area contributed by atoms with Gasteiger partial charge in [-0.3, -0.25) is 0 Å². The average molecular weight is 591 g/mol. The summed E-state index contributed by atoms with van der Waals surface area (Å²) in [5.41, 5.74) is 3.14. The van der Waals surface area contributed by atoms with Gasteiger partial charge in [0, 0.05) is 23.9 Å². The zero-order chi connectivity index (χ0) is 26.9. The van der Waals surface area contributed by atoms with Crippen molar-refractivity contribution in [1.29, 1.82) is 0 Å². The Labute approximate surface area is 231 Å². The number of aromatic carboxylic acids is 2. The van der Waals surface area contributed by atoms with E-state index in [-0.39, 0.29) is 34.7 Å². The summed E-state index contributed by atoms with van der Waals surface area (Å²) in [5, 5.41) is 17.4. The van der Waals surface area contributed by atoms with E-state index in [4.69, 9.17) is 10.2 Å². The average Bonchev–Trinajstić information content (AvgIpc) is 2.78. The molecule has 0 atom stereocenters. The van der Waals surface area contributed by atoms with Gasteiger partial charge in [0.15, 0.2) is 0 Å². The van der Waals surface area contributed by atoms with Gasteiger partial charge in [0.05, 0.1) is 11.1 Å². The van der Waals surface area contributed by atoms with Crippen molar-refractivity contribution in [3.05, 3.63) is 70.8 Å². The molecule has 0 aliphatic heterocycles. The second-order valence-corrected chi connectivity index (χ2v) is 10.3. The number of unbranched alkanes of at least 4 members (excludes halogenated alkanes) is 2. The third kappa shape index (κ3) is 18.2. The fraction of sp³-hybridized carbons (Fsp3) is 0.533. The van der Waals surface area contributed by atoms with E-state index < -0.39 is 11.9 Å². The summed E-state index contributed by atoms with van der Waals surface area (Å²) in [6.45, 7) is 21.3. The van der Waals surface area contributed by atoms with Crippen molar-refractivity contribution >= 4 is 35.8 Å². The third-order valence-electron chi connectivity index (χ3n) is 5.00. The van der Waals surface area contributed by atoms with Gasteiger partial charge in [0.2, 0.25) is 0 Å². The van der Waals surface area contributed by atoms with Gasteiger partial charge in [-0.2, -0.15) is 0 Å². The fourth-order valence-corrected chi connectivity index (χ4v) is 2.23. The van der Waals surface area contributed by atoms with Gasteiger partial charge in [0.25, 0.3) is 0 Å². The van der Waals surface area contributed by atoms with Crippen LogP contribution in [0.1, 0.15) is 127 Å². The van der Waals surface area contributed by atoms with Crippen LogP contribution in [-0.4, -0.2) is 46.1 Å². The van der Waals surface area contributed by atoms with Crippen molar-refractivity contribution in [3.8, 4) is 0 Å². The van der Waals surface area contributed by atoms with Crippen molar-refractivity contribution in [2.24, 2.45) is 0 Å². The number of hydrogen-bond acceptors (Lipinski definition) is 2. The number of rotatable bonds is 4. The molecular weight excluding hydrogens is 543 g/mol. The monoisotopic (exact) mass is 592 g/mol. The standard InChI is InChI=1S/2C11H14O2.2C4H10.Sn/c2*1-11(2,3)9-6-4-8(5-7-9)10(12)13;2*1-3-4-2;/h2*4-7H,1-3H3,(H,12,13);2*3-4H2,1-2H3;. The van der Waals surface area contributed by atoms with E-state index in [1.807, 2.05) is 24.3 Å². The molecule has 0 spiro atoms. The second-order valence-electron chi connectivity index (χ2n) is 10.3. The summed E-state index contributed by atoms with van der Waals surface area (Å²) in [4.78, 5) is 21.1. The van der Waals surface area contributed by atoms with Gasteiger partial charge < -0.3 is 10.2 Å². The van der Waals surface area contributed by atoms with Gasteiger partial charge in [-0.1, -0.05) is 119 Å². The minimum Gasteiger partial charge on any atom is -0.478 e. The summed E-state index contributed by atoms with van der Waals surface area (Å²) in [6.07, 6.45) is 5.28. The molecule has 0 unspecified atom stereocenters. The maximum absolute atomic E-state index is 10.6. The van der Waals surface area contributed by atoms with E-state index in [0.29, 0.717) is 11.1 Å². The molecule has 4 nitrogen and oxygen atoms in total. The SMILES string of the molecule is CC(C)(C)c1ccc(C(=O)O)cc1.CC(C)(C)c1ccc(C(=O)O)cc1.CCCC.CCCC.[Sn]. The smallest absolute Gasteiger partial charge is 0.335 e. The minimum atomic E-state index is -0.875. The molecule has 0 fully saturated rings. The first-order chi connectivity index (χ1) is 15.6. The van der Waals surface area contributed by atoms with Gasteiger partial charge in [0.1, 0.15) is 0 Å². The maximum atomic E-state index is 10.6. The Kier molecular flexibility index (Phi) is 20.9. The number of carbonyl (C=O) groups is 2. The van der Waals surface area contributed by atoms with Crippen LogP contribution in [0.3, 0.4) is 0 Å². The second kappa shape index (κ2) is 19.4. The molecule has 0 amide bonds. The first-order valence-corrected chi connectivity index (χ1v) is 12.3. The van der Waals surface area contributed by atoms with E-state index in [0.717, 1.165) is 11.1 Å². The molecule has 2 rings (SSSR count). The number of carboxylic acids is 2. The first-order valence-electron chi connectivity index (χ1n) is 12.3. The molecule has 2 aromatic rings. The van der Waals surface area contributed by atoms with E-state index in [2.05, 4.69) is 69.2 Å². The van der Waals surface area contributed by atoms with Crippen LogP contribution in [0.4, 0.5) is 0 Å². The van der Waals surface area contributed by atoms with Crippen molar-refractivity contribution < 1.29 is 19.8 Å². The van der Waals surface area contributed by atoms with Crippen LogP contribution < -0.4 is 0 Å². The van der Waals surface area contributed by atoms with E-state index in [1.54, 1.807) is 24.3 Å². The summed E-state index contributed by atoms with van der Waals surface area (Å²) >= 11 is 0. The van der Waals surface area contributed by atoms with Crippen LogP contribution in [0.15, 0.2) is 48.5 Å². The molecule has 196 valence electrons. The molecule has 5 heteroatoms. The van der Waals surface area contributed by atoms with Gasteiger partial charge >= 0.3 is 11.9 Å². The van der Waals surface area contributed by atoms with Crippen LogP contribution >= 0.6 is 0 Å². The first kappa shape index (κ1) is 37.7. The van der Waals surface area contributed by atoms with E-state index in [9.17, 15) is 9.59 Å². The Morgan fingerprint density at radius 3 is 0.857 bits per heavy atom. The number of carboxylic acid groups (broad SMARTS) is 2. The van der Waals surface area contributed by atoms with E-state index >= 15 is 0 Å². The molecule has 4 radical (unpaired) electrons. The minimum absolute atomic E-state index is 0. The molecule has 0 bridgehead atoms. The van der Waals surface area contributed by atoms with Crippen molar-refractivity contribution in [1.82, 2.24) is 0 Å². The molecule has 0 aliphatic carbocycles. The summed E-state index contributed by atoms with van der Waals surface area (Å²) in [7, 11) is 0. The molecule has 0 aromatic heterocycles. The molecule has 35 heavy (non-hydrogen) atoms. The zero-order valence-corrected chi connectivity index (χ0v) is 26.5. The zero-order valence-electron chi connectivity index (χ0n) is 23.7. The van der Waals surface area contributed by atoms with Crippen molar-refractivity contribution in [2.45, 2.75) is 106 Å². The van der Waals surface area contributed by atoms with Gasteiger partial charge in [-0.15, -0.1) is 0 Å². The topological polar surface area (TPSA) is 74.6 Å². The molecule has 0 saturated carbocycles. The van der Waals surface area contributed by atoms with Crippen LogP contribution in [0.5, 0.6) is 0 Å². The quantitative estimate of drug-likeness (QED) is 0.350. The summed E-state index contributed by atoms with van der Waals surface area (Å²) in [6, 6.07) is 14.0. The summed E-state index contributed by atoms with van der Waals surface area (Å²) < 4.78 is 0. The third-order valence-corrected chi connectivity index (χ3v) is 5.00. The molecular formula is C30H48O4Sn. The van der Waals surface area contributed by atoms with Crippen LogP contribution in [0.2, 0.25) is 0 Å². The van der Waals surface area contributed by atoms with Crippen LogP contribution in [0.25, 0.3) is 0 Å². The predicted molar refractivity (Wildman–Crippen MR) is 151 cm³/mol. The van der Waals surface area contributed by atoms with Crippen LogP contribution in [-0.2, 0) is 10.8 Å². The van der Waals surface area contributed by atoms with Gasteiger partial charge in [-0.25, -0.2) is 9.59 Å². The maximum Gasteiger partial charge on any atom is 0.335 e. The molecule has 0 heterocycles. The Balaban J connectivity index is -0.000000440. The predicted octanol–water partition coefficient (Wildman–Crippen LogP) is 8.60. The van der Waals surface area contributed by atoms with Crippen molar-refractivity contribution in [2.75, 3.05) is 0 Å². The Hall–Kier alpha value is -1.82. The molecule has 0 saturated heterocycles. The summed E-state index contributed by atoms with van der Waals surface area (Å²) in [5.74, 6) is -1.75. The Bertz CT molecular complexity index is 736. The fourth-order valence-electron chi connectivity index (χ4n) is 2.23. The van der Waals surface area contributed by atoms with Crippen LogP contribution in [0, 0.1) is 0 Å². The normalized spacial score (nSPS) is 10.1. The Morgan fingerprint density at radius 1 is 0.543 bits per heavy atom. The molecule has 2 N–H and O–H groups in total.